The molecule has 3 nitrogen and oxygen atoms in total. The third kappa shape index (κ3) is 2.77. The van der Waals surface area contributed by atoms with E-state index < -0.39 is 0 Å². The van der Waals surface area contributed by atoms with E-state index in [0.717, 1.165) is 13.0 Å². The second kappa shape index (κ2) is 4.60. The van der Waals surface area contributed by atoms with Crippen LogP contribution in [0.1, 0.15) is 37.1 Å². The van der Waals surface area contributed by atoms with Crippen molar-refractivity contribution in [3.8, 4) is 0 Å². The van der Waals surface area contributed by atoms with E-state index in [1.54, 1.807) is 11.3 Å². The van der Waals surface area contributed by atoms with Gasteiger partial charge in [0, 0.05) is 30.3 Å². The molecule has 2 N–H and O–H groups in total. The van der Waals surface area contributed by atoms with Crippen molar-refractivity contribution in [2.75, 3.05) is 13.2 Å². The van der Waals surface area contributed by atoms with Crippen molar-refractivity contribution in [3.05, 3.63) is 16.6 Å². The van der Waals surface area contributed by atoms with E-state index in [2.05, 4.69) is 17.2 Å². The van der Waals surface area contributed by atoms with Crippen LogP contribution in [-0.2, 0) is 0 Å². The molecule has 0 saturated heterocycles. The Morgan fingerprint density at radius 3 is 3.00 bits per heavy atom. The fraction of sp³-hybridized carbons (Fsp3) is 0.727. The molecule has 0 spiro atoms. The zero-order valence-corrected chi connectivity index (χ0v) is 9.89. The van der Waals surface area contributed by atoms with E-state index in [1.807, 2.05) is 11.7 Å². The largest absolute Gasteiger partial charge is 0.396 e. The molecule has 1 unspecified atom stereocenters. The van der Waals surface area contributed by atoms with E-state index in [1.165, 1.54) is 17.7 Å². The monoisotopic (exact) mass is 226 g/mol. The molecule has 1 atom stereocenters. The summed E-state index contributed by atoms with van der Waals surface area (Å²) in [5.41, 5.74) is 2.27. The minimum Gasteiger partial charge on any atom is -0.396 e. The molecule has 0 amide bonds. The number of hydrogen-bond acceptors (Lipinski definition) is 4. The highest BCUT2D eigenvalue weighted by atomic mass is 32.1. The lowest BCUT2D eigenvalue weighted by atomic mass is 10.0. The number of thiazole rings is 1. The van der Waals surface area contributed by atoms with Gasteiger partial charge in [-0.3, -0.25) is 4.98 Å². The van der Waals surface area contributed by atoms with Gasteiger partial charge in [0.2, 0.25) is 0 Å². The molecule has 2 rings (SSSR count). The average molecular weight is 226 g/mol. The van der Waals surface area contributed by atoms with Crippen molar-refractivity contribution in [2.45, 2.75) is 32.2 Å². The van der Waals surface area contributed by atoms with Crippen molar-refractivity contribution in [3.63, 3.8) is 0 Å². The maximum Gasteiger partial charge on any atom is 0.0794 e. The van der Waals surface area contributed by atoms with Crippen LogP contribution in [0.4, 0.5) is 0 Å². The van der Waals surface area contributed by atoms with Gasteiger partial charge in [-0.15, -0.1) is 11.3 Å². The summed E-state index contributed by atoms with van der Waals surface area (Å²) in [6.45, 7) is 3.51. The van der Waals surface area contributed by atoms with Gasteiger partial charge < -0.3 is 10.4 Å². The first-order chi connectivity index (χ1) is 7.26. The minimum atomic E-state index is 0.316. The topological polar surface area (TPSA) is 45.1 Å². The predicted octanol–water partition coefficient (Wildman–Crippen LogP) is 1.96. The number of nitrogens with one attached hydrogen (secondary N) is 1. The molecule has 15 heavy (non-hydrogen) atoms. The van der Waals surface area contributed by atoms with Gasteiger partial charge in [0.1, 0.15) is 0 Å². The standard InChI is InChI=1S/C11H18N2OS/c1-9(10-6-12-8-15-10)13-7-11(2-3-11)4-5-14/h6,8-9,13-14H,2-5,7H2,1H3. The molecular weight excluding hydrogens is 208 g/mol. The van der Waals surface area contributed by atoms with Gasteiger partial charge in [0.15, 0.2) is 0 Å². The van der Waals surface area contributed by atoms with Gasteiger partial charge in [-0.05, 0) is 31.6 Å². The Bertz CT molecular complexity index is 296. The molecule has 1 aromatic rings. The zero-order valence-electron chi connectivity index (χ0n) is 9.07. The van der Waals surface area contributed by atoms with Crippen LogP contribution in [0.15, 0.2) is 11.7 Å². The van der Waals surface area contributed by atoms with Crippen LogP contribution in [0.25, 0.3) is 0 Å². The number of aliphatic hydroxyl groups is 1. The Morgan fingerprint density at radius 2 is 2.47 bits per heavy atom. The fourth-order valence-electron chi connectivity index (χ4n) is 1.84. The van der Waals surface area contributed by atoms with E-state index in [0.29, 0.717) is 18.1 Å². The Kier molecular flexibility index (Phi) is 3.38. The second-order valence-corrected chi connectivity index (χ2v) is 5.40. The lowest BCUT2D eigenvalue weighted by Crippen LogP contribution is -2.27. The molecule has 0 aliphatic heterocycles. The Labute approximate surface area is 94.5 Å². The van der Waals surface area contributed by atoms with Gasteiger partial charge in [0.05, 0.1) is 5.51 Å². The Morgan fingerprint density at radius 1 is 1.67 bits per heavy atom. The lowest BCUT2D eigenvalue weighted by Gasteiger charge is -2.18. The molecule has 84 valence electrons. The molecule has 1 aromatic heterocycles. The van der Waals surface area contributed by atoms with E-state index in [-0.39, 0.29) is 0 Å². The van der Waals surface area contributed by atoms with Crippen molar-refractivity contribution >= 4 is 11.3 Å². The molecule has 1 saturated carbocycles. The molecule has 1 heterocycles. The van der Waals surface area contributed by atoms with Crippen LogP contribution >= 0.6 is 11.3 Å². The van der Waals surface area contributed by atoms with Crippen molar-refractivity contribution in [2.24, 2.45) is 5.41 Å². The quantitative estimate of drug-likeness (QED) is 0.779. The maximum atomic E-state index is 8.96. The highest BCUT2D eigenvalue weighted by molar-refractivity contribution is 7.09. The van der Waals surface area contributed by atoms with E-state index >= 15 is 0 Å². The van der Waals surface area contributed by atoms with Crippen LogP contribution in [-0.4, -0.2) is 23.2 Å². The average Bonchev–Trinajstić information content (AvgIpc) is 2.81. The number of aromatic nitrogens is 1. The van der Waals surface area contributed by atoms with Crippen LogP contribution in [0.2, 0.25) is 0 Å². The summed E-state index contributed by atoms with van der Waals surface area (Å²) in [5.74, 6) is 0. The minimum absolute atomic E-state index is 0.316. The molecule has 4 heteroatoms. The normalized spacial score (nSPS) is 20.1. The van der Waals surface area contributed by atoms with Gasteiger partial charge >= 0.3 is 0 Å². The first kappa shape index (κ1) is 11.0. The van der Waals surface area contributed by atoms with E-state index in [4.69, 9.17) is 5.11 Å². The highest BCUT2D eigenvalue weighted by Crippen LogP contribution is 2.48. The van der Waals surface area contributed by atoms with Crippen LogP contribution in [0, 0.1) is 5.41 Å². The van der Waals surface area contributed by atoms with Gasteiger partial charge in [0.25, 0.3) is 0 Å². The van der Waals surface area contributed by atoms with Crippen molar-refractivity contribution < 1.29 is 5.11 Å². The SMILES string of the molecule is CC(NCC1(CCO)CC1)c1cncs1. The molecule has 1 fully saturated rings. The molecule has 1 aliphatic rings. The number of aliphatic hydroxyl groups excluding tert-OH is 1. The van der Waals surface area contributed by atoms with Crippen LogP contribution in [0.3, 0.4) is 0 Å². The molecular formula is C11H18N2OS. The second-order valence-electron chi connectivity index (χ2n) is 4.48. The van der Waals surface area contributed by atoms with Crippen molar-refractivity contribution in [1.29, 1.82) is 0 Å². The maximum absolute atomic E-state index is 8.96. The van der Waals surface area contributed by atoms with Crippen LogP contribution in [0.5, 0.6) is 0 Å². The van der Waals surface area contributed by atoms with E-state index in [9.17, 15) is 0 Å². The molecule has 1 aliphatic carbocycles. The summed E-state index contributed by atoms with van der Waals surface area (Å²) in [6, 6.07) is 0.383. The summed E-state index contributed by atoms with van der Waals surface area (Å²) >= 11 is 1.69. The first-order valence-corrected chi connectivity index (χ1v) is 6.36. The zero-order chi connectivity index (χ0) is 10.7. The predicted molar refractivity (Wildman–Crippen MR) is 61.9 cm³/mol. The smallest absolute Gasteiger partial charge is 0.0794 e. The molecule has 0 bridgehead atoms. The highest BCUT2D eigenvalue weighted by Gasteiger charge is 2.41. The summed E-state index contributed by atoms with van der Waals surface area (Å²) in [5, 5.41) is 12.5. The lowest BCUT2D eigenvalue weighted by molar-refractivity contribution is 0.243. The third-order valence-corrected chi connectivity index (χ3v) is 4.22. The van der Waals surface area contributed by atoms with Gasteiger partial charge in [-0.1, -0.05) is 0 Å². The summed E-state index contributed by atoms with van der Waals surface area (Å²) in [4.78, 5) is 5.37. The Hall–Kier alpha value is -0.450. The van der Waals surface area contributed by atoms with Crippen molar-refractivity contribution in [1.82, 2.24) is 10.3 Å². The summed E-state index contributed by atoms with van der Waals surface area (Å²) < 4.78 is 0. The fourth-order valence-corrected chi connectivity index (χ4v) is 2.49. The summed E-state index contributed by atoms with van der Waals surface area (Å²) in [6.07, 6.45) is 5.38. The van der Waals surface area contributed by atoms with Gasteiger partial charge in [-0.2, -0.15) is 0 Å². The Balaban J connectivity index is 1.78. The third-order valence-electron chi connectivity index (χ3n) is 3.26. The number of rotatable bonds is 6. The molecule has 0 radical (unpaired) electrons. The molecule has 0 aromatic carbocycles. The van der Waals surface area contributed by atoms with Crippen LogP contribution < -0.4 is 5.32 Å². The first-order valence-electron chi connectivity index (χ1n) is 5.48. The van der Waals surface area contributed by atoms with Gasteiger partial charge in [-0.25, -0.2) is 0 Å². The summed E-state index contributed by atoms with van der Waals surface area (Å²) in [7, 11) is 0. The number of nitrogens with zero attached hydrogens (tertiary/aromatic N) is 1. The number of hydrogen-bond donors (Lipinski definition) is 2.